The first kappa shape index (κ1) is 18.2. The molecular formula is C17H12BrF3O3. The van der Waals surface area contributed by atoms with Gasteiger partial charge in [-0.25, -0.2) is 0 Å². The van der Waals surface area contributed by atoms with Gasteiger partial charge in [-0.05, 0) is 29.8 Å². The lowest BCUT2D eigenvalue weighted by atomic mass is 10.1. The summed E-state index contributed by atoms with van der Waals surface area (Å²) in [5.74, 6) is -1.04. The molecule has 3 nitrogen and oxygen atoms in total. The zero-order chi connectivity index (χ0) is 17.7. The fourth-order valence-electron chi connectivity index (χ4n) is 1.89. The Bertz CT molecular complexity index is 722. The highest BCUT2D eigenvalue weighted by Crippen LogP contribution is 2.29. The molecule has 2 aromatic carbocycles. The van der Waals surface area contributed by atoms with Gasteiger partial charge in [0.15, 0.2) is 12.4 Å². The number of halogens is 4. The molecule has 0 atom stereocenters. The van der Waals surface area contributed by atoms with Gasteiger partial charge in [-0.3, -0.25) is 9.59 Å². The summed E-state index contributed by atoms with van der Waals surface area (Å²) in [4.78, 5) is 23.5. The van der Waals surface area contributed by atoms with Gasteiger partial charge in [0.1, 0.15) is 0 Å². The van der Waals surface area contributed by atoms with E-state index in [1.54, 1.807) is 24.3 Å². The third-order valence-electron chi connectivity index (χ3n) is 3.16. The minimum absolute atomic E-state index is 0.203. The average Bonchev–Trinajstić information content (AvgIpc) is 2.53. The van der Waals surface area contributed by atoms with Crippen LogP contribution in [0.2, 0.25) is 0 Å². The third-order valence-corrected chi connectivity index (χ3v) is 3.69. The van der Waals surface area contributed by atoms with Crippen molar-refractivity contribution >= 4 is 27.7 Å². The van der Waals surface area contributed by atoms with Crippen LogP contribution in [0.5, 0.6) is 0 Å². The first-order chi connectivity index (χ1) is 11.3. The summed E-state index contributed by atoms with van der Waals surface area (Å²) in [5.41, 5.74) is -0.00495. The molecule has 0 radical (unpaired) electrons. The Labute approximate surface area is 144 Å². The molecule has 0 bridgehead atoms. The highest BCUT2D eigenvalue weighted by Gasteiger charge is 2.30. The van der Waals surface area contributed by atoms with Crippen molar-refractivity contribution in [1.29, 1.82) is 0 Å². The van der Waals surface area contributed by atoms with E-state index in [1.807, 2.05) is 0 Å². The van der Waals surface area contributed by atoms with Crippen LogP contribution in [0.1, 0.15) is 21.5 Å². The van der Waals surface area contributed by atoms with E-state index < -0.39 is 24.3 Å². The normalized spacial score (nSPS) is 11.2. The van der Waals surface area contributed by atoms with Gasteiger partial charge in [-0.1, -0.05) is 40.2 Å². The highest BCUT2D eigenvalue weighted by atomic mass is 79.9. The van der Waals surface area contributed by atoms with Crippen LogP contribution in [-0.2, 0) is 22.1 Å². The Morgan fingerprint density at radius 1 is 0.958 bits per heavy atom. The van der Waals surface area contributed by atoms with Gasteiger partial charge in [-0.2, -0.15) is 13.2 Å². The van der Waals surface area contributed by atoms with E-state index in [1.165, 1.54) is 12.1 Å². The zero-order valence-corrected chi connectivity index (χ0v) is 13.9. The largest absolute Gasteiger partial charge is 0.457 e. The van der Waals surface area contributed by atoms with Crippen molar-refractivity contribution in [2.24, 2.45) is 0 Å². The molecule has 126 valence electrons. The fraction of sp³-hybridized carbons (Fsp3) is 0.176. The van der Waals surface area contributed by atoms with E-state index in [0.29, 0.717) is 11.1 Å². The van der Waals surface area contributed by atoms with Crippen LogP contribution in [-0.4, -0.2) is 18.4 Å². The van der Waals surface area contributed by atoms with Crippen LogP contribution in [0.4, 0.5) is 13.2 Å². The summed E-state index contributed by atoms with van der Waals surface area (Å²) in [6.07, 6.45) is -4.62. The Balaban J connectivity index is 1.87. The number of alkyl halides is 3. The molecule has 0 aliphatic heterocycles. The molecular weight excluding hydrogens is 389 g/mol. The van der Waals surface area contributed by atoms with Gasteiger partial charge in [0.25, 0.3) is 0 Å². The molecule has 24 heavy (non-hydrogen) atoms. The van der Waals surface area contributed by atoms with Gasteiger partial charge >= 0.3 is 12.1 Å². The lowest BCUT2D eigenvalue weighted by molar-refractivity contribution is -0.141. The lowest BCUT2D eigenvalue weighted by Gasteiger charge is -2.08. The Morgan fingerprint density at radius 3 is 2.08 bits per heavy atom. The van der Waals surface area contributed by atoms with Gasteiger partial charge in [-0.15, -0.1) is 0 Å². The monoisotopic (exact) mass is 400 g/mol. The minimum Gasteiger partial charge on any atom is -0.457 e. The second-order valence-electron chi connectivity index (χ2n) is 4.96. The number of esters is 1. The summed E-state index contributed by atoms with van der Waals surface area (Å²) < 4.78 is 43.0. The lowest BCUT2D eigenvalue weighted by Crippen LogP contribution is -2.15. The predicted molar refractivity (Wildman–Crippen MR) is 84.6 cm³/mol. The maximum Gasteiger partial charge on any atom is 0.416 e. The van der Waals surface area contributed by atoms with E-state index in [9.17, 15) is 22.8 Å². The van der Waals surface area contributed by atoms with Crippen molar-refractivity contribution in [3.8, 4) is 0 Å². The van der Waals surface area contributed by atoms with Crippen LogP contribution in [0.25, 0.3) is 0 Å². The Hall–Kier alpha value is -2.15. The molecule has 0 aliphatic carbocycles. The van der Waals surface area contributed by atoms with Crippen LogP contribution in [0, 0.1) is 0 Å². The molecule has 0 unspecified atom stereocenters. The van der Waals surface area contributed by atoms with E-state index in [4.69, 9.17) is 4.74 Å². The topological polar surface area (TPSA) is 43.4 Å². The average molecular weight is 401 g/mol. The summed E-state index contributed by atoms with van der Waals surface area (Å²) in [7, 11) is 0. The van der Waals surface area contributed by atoms with Gasteiger partial charge < -0.3 is 4.74 Å². The quantitative estimate of drug-likeness (QED) is 0.550. The molecule has 2 rings (SSSR count). The number of benzene rings is 2. The SMILES string of the molecule is O=C(Cc1ccc(C(F)(F)F)cc1)OCC(=O)c1ccc(Br)cc1. The number of ether oxygens (including phenoxy) is 1. The molecule has 7 heteroatoms. The highest BCUT2D eigenvalue weighted by molar-refractivity contribution is 9.10. The van der Waals surface area contributed by atoms with Crippen LogP contribution in [0.15, 0.2) is 53.0 Å². The molecule has 0 saturated heterocycles. The summed E-state index contributed by atoms with van der Waals surface area (Å²) >= 11 is 3.24. The summed E-state index contributed by atoms with van der Waals surface area (Å²) in [6.45, 7) is -0.416. The minimum atomic E-state index is -4.42. The van der Waals surface area contributed by atoms with Crippen LogP contribution >= 0.6 is 15.9 Å². The standard InChI is InChI=1S/C17H12BrF3O3/c18-14-7-3-12(4-8-14)15(22)10-24-16(23)9-11-1-5-13(6-2-11)17(19,20)21/h1-8H,9-10H2. The van der Waals surface area contributed by atoms with Crippen molar-refractivity contribution in [2.45, 2.75) is 12.6 Å². The van der Waals surface area contributed by atoms with Gasteiger partial charge in [0.05, 0.1) is 12.0 Å². The molecule has 0 aromatic heterocycles. The van der Waals surface area contributed by atoms with Crippen molar-refractivity contribution < 1.29 is 27.5 Å². The fourth-order valence-corrected chi connectivity index (χ4v) is 2.16. The third kappa shape index (κ3) is 5.19. The summed E-state index contributed by atoms with van der Waals surface area (Å²) in [6, 6.07) is 10.8. The maximum absolute atomic E-state index is 12.4. The summed E-state index contributed by atoms with van der Waals surface area (Å²) in [5, 5.41) is 0. The number of hydrogen-bond acceptors (Lipinski definition) is 3. The molecule has 0 amide bonds. The van der Waals surface area contributed by atoms with Crippen LogP contribution in [0.3, 0.4) is 0 Å². The second kappa shape index (κ2) is 7.61. The van der Waals surface area contributed by atoms with Gasteiger partial charge in [0.2, 0.25) is 0 Å². The first-order valence-corrected chi connectivity index (χ1v) is 7.65. The van der Waals surface area contributed by atoms with Crippen molar-refractivity contribution in [1.82, 2.24) is 0 Å². The van der Waals surface area contributed by atoms with Crippen molar-refractivity contribution in [3.63, 3.8) is 0 Å². The predicted octanol–water partition coefficient (Wildman–Crippen LogP) is 4.44. The Kier molecular flexibility index (Phi) is 5.77. The van der Waals surface area contributed by atoms with E-state index in [0.717, 1.165) is 16.6 Å². The van der Waals surface area contributed by atoms with Gasteiger partial charge in [0, 0.05) is 10.0 Å². The molecule has 0 N–H and O–H groups in total. The zero-order valence-electron chi connectivity index (χ0n) is 12.3. The van der Waals surface area contributed by atoms with Crippen molar-refractivity contribution in [3.05, 3.63) is 69.7 Å². The molecule has 0 fully saturated rings. The number of rotatable bonds is 5. The molecule has 0 heterocycles. The number of hydrogen-bond donors (Lipinski definition) is 0. The molecule has 0 aliphatic rings. The van der Waals surface area contributed by atoms with E-state index in [-0.39, 0.29) is 12.2 Å². The number of Topliss-reactive ketones (excluding diaryl/α,β-unsaturated/α-hetero) is 1. The number of ketones is 1. The molecule has 0 saturated carbocycles. The van der Waals surface area contributed by atoms with E-state index in [2.05, 4.69) is 15.9 Å². The van der Waals surface area contributed by atoms with Crippen LogP contribution < -0.4 is 0 Å². The maximum atomic E-state index is 12.4. The van der Waals surface area contributed by atoms with E-state index >= 15 is 0 Å². The molecule has 2 aromatic rings. The van der Waals surface area contributed by atoms with Crippen molar-refractivity contribution in [2.75, 3.05) is 6.61 Å². The molecule has 0 spiro atoms. The smallest absolute Gasteiger partial charge is 0.416 e. The number of carbonyl (C=O) groups is 2. The number of carbonyl (C=O) groups excluding carboxylic acids is 2. The second-order valence-corrected chi connectivity index (χ2v) is 5.88. The Morgan fingerprint density at radius 2 is 1.54 bits per heavy atom. The first-order valence-electron chi connectivity index (χ1n) is 6.86.